The van der Waals surface area contributed by atoms with Crippen LogP contribution in [0.2, 0.25) is 0 Å². The highest BCUT2D eigenvalue weighted by Crippen LogP contribution is 2.26. The number of benzene rings is 2. The second-order valence-corrected chi connectivity index (χ2v) is 9.73. The topological polar surface area (TPSA) is 75.7 Å². The second kappa shape index (κ2) is 10.1. The van der Waals surface area contributed by atoms with E-state index in [0.29, 0.717) is 36.9 Å². The Hall–Kier alpha value is -2.38. The van der Waals surface area contributed by atoms with Crippen molar-refractivity contribution < 1.29 is 17.9 Å². The summed E-state index contributed by atoms with van der Waals surface area (Å²) in [4.78, 5) is 12.6. The minimum Gasteiger partial charge on any atom is -0.496 e. The van der Waals surface area contributed by atoms with Crippen molar-refractivity contribution in [3.8, 4) is 5.75 Å². The molecule has 2 aromatic rings. The molecule has 0 bridgehead atoms. The lowest BCUT2D eigenvalue weighted by atomic mass is 9.93. The van der Waals surface area contributed by atoms with Crippen LogP contribution in [0.25, 0.3) is 0 Å². The number of ether oxygens (including phenoxy) is 1. The van der Waals surface area contributed by atoms with Gasteiger partial charge in [0, 0.05) is 31.6 Å². The van der Waals surface area contributed by atoms with Gasteiger partial charge >= 0.3 is 0 Å². The summed E-state index contributed by atoms with van der Waals surface area (Å²) in [5.74, 6) is 1.14. The van der Waals surface area contributed by atoms with Crippen LogP contribution in [0.4, 0.5) is 0 Å². The number of methoxy groups -OCH3 is 1. The van der Waals surface area contributed by atoms with Gasteiger partial charge in [-0.15, -0.1) is 0 Å². The van der Waals surface area contributed by atoms with Gasteiger partial charge in [-0.25, -0.2) is 8.42 Å². The Kier molecular flexibility index (Phi) is 7.50. The predicted molar refractivity (Wildman–Crippen MR) is 117 cm³/mol. The lowest BCUT2D eigenvalue weighted by Gasteiger charge is -2.31. The fraction of sp³-hybridized carbons (Fsp3) is 0.435. The van der Waals surface area contributed by atoms with Crippen LogP contribution < -0.4 is 10.1 Å². The van der Waals surface area contributed by atoms with E-state index in [1.165, 1.54) is 0 Å². The maximum absolute atomic E-state index is 12.8. The van der Waals surface area contributed by atoms with E-state index in [0.717, 1.165) is 36.1 Å². The van der Waals surface area contributed by atoms with Gasteiger partial charge in [-0.2, -0.15) is 4.31 Å². The zero-order valence-corrected chi connectivity index (χ0v) is 18.5. The number of carbonyl (C=O) groups is 1. The molecule has 0 aromatic heterocycles. The molecule has 0 unspecified atom stereocenters. The van der Waals surface area contributed by atoms with Gasteiger partial charge in [0.05, 0.1) is 12.0 Å². The van der Waals surface area contributed by atoms with E-state index in [1.807, 2.05) is 43.3 Å². The predicted octanol–water partition coefficient (Wildman–Crippen LogP) is 3.50. The first-order valence-corrected chi connectivity index (χ1v) is 11.8. The standard InChI is InChI=1S/C23H30N2O4S/c1-18-7-10-21(11-8-18)30(27,28)25-15-13-19(14-16-25)9-12-23(26)24-17-20-5-3-4-6-22(20)29-2/h3-8,10-11,19H,9,12-17H2,1-2H3,(H,24,26). The molecule has 0 radical (unpaired) electrons. The number of carbonyl (C=O) groups excluding carboxylic acids is 1. The molecule has 0 saturated carbocycles. The number of hydrogen-bond acceptors (Lipinski definition) is 4. The molecule has 1 amide bonds. The van der Waals surface area contributed by atoms with Gasteiger partial charge in [0.15, 0.2) is 0 Å². The van der Waals surface area contributed by atoms with Crippen molar-refractivity contribution in [2.24, 2.45) is 5.92 Å². The fourth-order valence-corrected chi connectivity index (χ4v) is 5.23. The molecule has 30 heavy (non-hydrogen) atoms. The molecule has 1 saturated heterocycles. The van der Waals surface area contributed by atoms with Gasteiger partial charge in [-0.3, -0.25) is 4.79 Å². The highest BCUT2D eigenvalue weighted by atomic mass is 32.2. The number of sulfonamides is 1. The molecular weight excluding hydrogens is 400 g/mol. The van der Waals surface area contributed by atoms with Gasteiger partial charge in [-0.05, 0) is 50.3 Å². The van der Waals surface area contributed by atoms with E-state index in [1.54, 1.807) is 23.5 Å². The van der Waals surface area contributed by atoms with Gasteiger partial charge in [0.2, 0.25) is 15.9 Å². The Bertz CT molecular complexity index is 949. The SMILES string of the molecule is COc1ccccc1CNC(=O)CCC1CCN(S(=O)(=O)c2ccc(C)cc2)CC1. The third-order valence-corrected chi connectivity index (χ3v) is 7.59. The summed E-state index contributed by atoms with van der Waals surface area (Å²) in [7, 11) is -1.82. The van der Waals surface area contributed by atoms with Crippen LogP contribution in [0.5, 0.6) is 5.75 Å². The molecule has 2 aromatic carbocycles. The van der Waals surface area contributed by atoms with E-state index < -0.39 is 10.0 Å². The third kappa shape index (κ3) is 5.61. The van der Waals surface area contributed by atoms with Crippen molar-refractivity contribution in [3.05, 3.63) is 59.7 Å². The van der Waals surface area contributed by atoms with Gasteiger partial charge in [0.1, 0.15) is 5.75 Å². The molecule has 6 nitrogen and oxygen atoms in total. The monoisotopic (exact) mass is 430 g/mol. The number of nitrogens with zero attached hydrogens (tertiary/aromatic N) is 1. The molecular formula is C23H30N2O4S. The molecule has 1 aliphatic heterocycles. The molecule has 0 spiro atoms. The average molecular weight is 431 g/mol. The van der Waals surface area contributed by atoms with Crippen LogP contribution in [0, 0.1) is 12.8 Å². The zero-order chi connectivity index (χ0) is 21.6. The Balaban J connectivity index is 1.43. The van der Waals surface area contributed by atoms with Crippen molar-refractivity contribution in [1.29, 1.82) is 0 Å². The second-order valence-electron chi connectivity index (χ2n) is 7.79. The number of piperidine rings is 1. The molecule has 0 atom stereocenters. The van der Waals surface area contributed by atoms with Crippen LogP contribution in [-0.2, 0) is 21.4 Å². The largest absolute Gasteiger partial charge is 0.496 e. The minimum atomic E-state index is -3.44. The summed E-state index contributed by atoms with van der Waals surface area (Å²) < 4.78 is 32.5. The Labute approximate surface area is 179 Å². The van der Waals surface area contributed by atoms with E-state index in [4.69, 9.17) is 4.74 Å². The van der Waals surface area contributed by atoms with Crippen molar-refractivity contribution in [2.45, 2.75) is 44.0 Å². The lowest BCUT2D eigenvalue weighted by molar-refractivity contribution is -0.121. The summed E-state index contributed by atoms with van der Waals surface area (Å²) in [5.41, 5.74) is 1.99. The minimum absolute atomic E-state index is 0.00983. The maximum atomic E-state index is 12.8. The van der Waals surface area contributed by atoms with E-state index in [9.17, 15) is 13.2 Å². The number of para-hydroxylation sites is 1. The summed E-state index contributed by atoms with van der Waals surface area (Å²) in [6.45, 7) is 3.39. The van der Waals surface area contributed by atoms with Crippen LogP contribution in [0.1, 0.15) is 36.8 Å². The first kappa shape index (κ1) is 22.3. The maximum Gasteiger partial charge on any atom is 0.243 e. The summed E-state index contributed by atoms with van der Waals surface area (Å²) >= 11 is 0. The lowest BCUT2D eigenvalue weighted by Crippen LogP contribution is -2.38. The third-order valence-electron chi connectivity index (χ3n) is 5.68. The van der Waals surface area contributed by atoms with Crippen LogP contribution in [0.15, 0.2) is 53.4 Å². The Morgan fingerprint density at radius 1 is 1.10 bits per heavy atom. The highest BCUT2D eigenvalue weighted by molar-refractivity contribution is 7.89. The average Bonchev–Trinajstić information content (AvgIpc) is 2.77. The first-order chi connectivity index (χ1) is 14.4. The molecule has 1 heterocycles. The van der Waals surface area contributed by atoms with Crippen molar-refractivity contribution in [3.63, 3.8) is 0 Å². The normalized spacial score (nSPS) is 15.7. The van der Waals surface area contributed by atoms with E-state index >= 15 is 0 Å². The van der Waals surface area contributed by atoms with Gasteiger partial charge < -0.3 is 10.1 Å². The van der Waals surface area contributed by atoms with E-state index in [-0.39, 0.29) is 5.91 Å². The van der Waals surface area contributed by atoms with E-state index in [2.05, 4.69) is 5.32 Å². The Morgan fingerprint density at radius 2 is 1.77 bits per heavy atom. The van der Waals surface area contributed by atoms with Gasteiger partial charge in [0.25, 0.3) is 0 Å². The number of amides is 1. The van der Waals surface area contributed by atoms with Crippen LogP contribution in [0.3, 0.4) is 0 Å². The summed E-state index contributed by atoms with van der Waals surface area (Å²) in [6.07, 6.45) is 2.79. The molecule has 1 fully saturated rings. The van der Waals surface area contributed by atoms with Crippen molar-refractivity contribution in [2.75, 3.05) is 20.2 Å². The van der Waals surface area contributed by atoms with Crippen molar-refractivity contribution >= 4 is 15.9 Å². The van der Waals surface area contributed by atoms with Crippen LogP contribution in [-0.4, -0.2) is 38.8 Å². The molecule has 1 N–H and O–H groups in total. The number of aryl methyl sites for hydroxylation is 1. The van der Waals surface area contributed by atoms with Crippen LogP contribution >= 0.6 is 0 Å². The fourth-order valence-electron chi connectivity index (χ4n) is 3.76. The Morgan fingerprint density at radius 3 is 2.43 bits per heavy atom. The van der Waals surface area contributed by atoms with Crippen molar-refractivity contribution in [1.82, 2.24) is 9.62 Å². The smallest absolute Gasteiger partial charge is 0.243 e. The molecule has 1 aliphatic rings. The quantitative estimate of drug-likeness (QED) is 0.695. The highest BCUT2D eigenvalue weighted by Gasteiger charge is 2.29. The zero-order valence-electron chi connectivity index (χ0n) is 17.6. The number of hydrogen-bond donors (Lipinski definition) is 1. The number of rotatable bonds is 8. The number of nitrogens with one attached hydrogen (secondary N) is 1. The summed E-state index contributed by atoms with van der Waals surface area (Å²) in [6, 6.07) is 14.6. The summed E-state index contributed by atoms with van der Waals surface area (Å²) in [5, 5.41) is 2.95. The molecule has 162 valence electrons. The molecule has 0 aliphatic carbocycles. The molecule has 7 heteroatoms. The first-order valence-electron chi connectivity index (χ1n) is 10.4. The van der Waals surface area contributed by atoms with Gasteiger partial charge in [-0.1, -0.05) is 35.9 Å². The molecule has 3 rings (SSSR count).